The predicted molar refractivity (Wildman–Crippen MR) is 147 cm³/mol. The lowest BCUT2D eigenvalue weighted by molar-refractivity contribution is -0.145. The van der Waals surface area contributed by atoms with Gasteiger partial charge in [0.05, 0.1) is 30.6 Å². The van der Waals surface area contributed by atoms with Crippen LogP contribution in [0.1, 0.15) is 60.3 Å². The van der Waals surface area contributed by atoms with Gasteiger partial charge in [-0.15, -0.1) is 0 Å². The highest BCUT2D eigenvalue weighted by molar-refractivity contribution is 6.03. The molecule has 38 heavy (non-hydrogen) atoms. The van der Waals surface area contributed by atoms with Crippen molar-refractivity contribution in [2.24, 2.45) is 17.8 Å². The van der Waals surface area contributed by atoms with E-state index >= 15 is 0 Å². The molecular weight excluding hydrogens is 484 g/mol. The van der Waals surface area contributed by atoms with E-state index in [9.17, 15) is 19.5 Å². The van der Waals surface area contributed by atoms with Crippen LogP contribution >= 0.6 is 0 Å². The number of carbonyl (C=O) groups excluding carboxylic acids is 3. The summed E-state index contributed by atoms with van der Waals surface area (Å²) >= 11 is 0. The van der Waals surface area contributed by atoms with Crippen molar-refractivity contribution in [3.05, 3.63) is 24.3 Å². The van der Waals surface area contributed by atoms with Gasteiger partial charge in [-0.25, -0.2) is 0 Å². The molecule has 3 heterocycles. The minimum atomic E-state index is -1.08. The number of likely N-dealkylation sites (tertiary alicyclic amines) is 1. The molecule has 0 saturated carbocycles. The van der Waals surface area contributed by atoms with Crippen LogP contribution in [0.5, 0.6) is 0 Å². The van der Waals surface area contributed by atoms with Gasteiger partial charge in [0, 0.05) is 31.0 Å². The number of hydrogen-bond donors (Lipinski definition) is 3. The van der Waals surface area contributed by atoms with E-state index in [1.54, 1.807) is 4.90 Å². The Balaban J connectivity index is 1.68. The Hall–Kier alpha value is -2.65. The van der Waals surface area contributed by atoms with E-state index in [0.717, 1.165) is 31.6 Å². The van der Waals surface area contributed by atoms with Gasteiger partial charge in [0.1, 0.15) is 11.6 Å². The van der Waals surface area contributed by atoms with E-state index in [2.05, 4.69) is 29.4 Å². The highest BCUT2D eigenvalue weighted by atomic mass is 16.5. The first-order chi connectivity index (χ1) is 18.3. The minimum absolute atomic E-state index is 0.0348. The van der Waals surface area contributed by atoms with Gasteiger partial charge < -0.3 is 30.3 Å². The molecule has 4 rings (SSSR count). The topological polar surface area (TPSA) is 111 Å². The van der Waals surface area contributed by atoms with Gasteiger partial charge in [0.2, 0.25) is 17.7 Å². The van der Waals surface area contributed by atoms with Crippen LogP contribution in [0.3, 0.4) is 0 Å². The van der Waals surface area contributed by atoms with E-state index in [1.165, 1.54) is 0 Å². The molecule has 1 spiro atoms. The summed E-state index contributed by atoms with van der Waals surface area (Å²) in [6.07, 6.45) is 2.29. The second kappa shape index (κ2) is 11.6. The van der Waals surface area contributed by atoms with Crippen LogP contribution < -0.4 is 15.5 Å². The quantitative estimate of drug-likeness (QED) is 0.385. The van der Waals surface area contributed by atoms with E-state index in [4.69, 9.17) is 4.74 Å². The summed E-state index contributed by atoms with van der Waals surface area (Å²) in [6, 6.07) is 6.21. The molecule has 3 fully saturated rings. The molecule has 2 unspecified atom stereocenters. The standard InChI is InChI=1S/C29H44N4O5/c1-6-16-30-26(35)23-22-14-15-29(38-22)24(23)28(37)33(21(17-34)18(5)7-2)25(29)27(36)31-19-10-12-20(13-11-19)32(8-3)9-4/h10-13,18,21-25,34H,6-9,14-17H2,1-5H3,(H,30,35)(H,31,36)/t18-,21-,22+,23-,24-,25?,29?/m0/s1. The van der Waals surface area contributed by atoms with E-state index in [1.807, 2.05) is 45.0 Å². The number of fused-ring (bicyclic) bond motifs is 1. The molecule has 9 nitrogen and oxygen atoms in total. The zero-order valence-electron chi connectivity index (χ0n) is 23.4. The first-order valence-corrected chi connectivity index (χ1v) is 14.3. The third kappa shape index (κ3) is 4.68. The van der Waals surface area contributed by atoms with E-state index in [-0.39, 0.29) is 36.4 Å². The van der Waals surface area contributed by atoms with Gasteiger partial charge in [-0.05, 0) is 63.3 Å². The van der Waals surface area contributed by atoms with Crippen molar-refractivity contribution >= 4 is 29.1 Å². The lowest BCUT2D eigenvalue weighted by Gasteiger charge is -2.38. The summed E-state index contributed by atoms with van der Waals surface area (Å²) < 4.78 is 6.48. The van der Waals surface area contributed by atoms with Crippen molar-refractivity contribution < 1.29 is 24.2 Å². The van der Waals surface area contributed by atoms with Crippen LogP contribution in [0.4, 0.5) is 11.4 Å². The maximum atomic E-state index is 14.1. The van der Waals surface area contributed by atoms with Crippen molar-refractivity contribution in [1.29, 1.82) is 0 Å². The number of hydrogen-bond acceptors (Lipinski definition) is 6. The lowest BCUT2D eigenvalue weighted by atomic mass is 9.70. The molecule has 0 radical (unpaired) electrons. The Labute approximate surface area is 226 Å². The molecule has 7 atom stereocenters. The highest BCUT2D eigenvalue weighted by Gasteiger charge is 2.75. The number of nitrogens with zero attached hydrogens (tertiary/aromatic N) is 2. The number of amides is 3. The number of aliphatic hydroxyl groups is 1. The van der Waals surface area contributed by atoms with Crippen LogP contribution in [0.25, 0.3) is 0 Å². The van der Waals surface area contributed by atoms with Crippen LogP contribution in [0.15, 0.2) is 24.3 Å². The molecule has 0 aliphatic carbocycles. The Morgan fingerprint density at radius 1 is 1.16 bits per heavy atom. The predicted octanol–water partition coefficient (Wildman–Crippen LogP) is 2.78. The van der Waals surface area contributed by atoms with Gasteiger partial charge in [-0.2, -0.15) is 0 Å². The number of carbonyl (C=O) groups is 3. The molecule has 1 aromatic carbocycles. The summed E-state index contributed by atoms with van der Waals surface area (Å²) in [5, 5.41) is 16.4. The van der Waals surface area contributed by atoms with Crippen molar-refractivity contribution in [3.8, 4) is 0 Å². The number of benzene rings is 1. The smallest absolute Gasteiger partial charge is 0.250 e. The fourth-order valence-electron chi connectivity index (χ4n) is 6.78. The van der Waals surface area contributed by atoms with Gasteiger partial charge in [0.25, 0.3) is 0 Å². The molecule has 1 aromatic rings. The van der Waals surface area contributed by atoms with Crippen molar-refractivity contribution in [2.45, 2.75) is 84.1 Å². The Morgan fingerprint density at radius 2 is 1.84 bits per heavy atom. The Morgan fingerprint density at radius 3 is 2.42 bits per heavy atom. The summed E-state index contributed by atoms with van der Waals surface area (Å²) in [5.74, 6) is -2.19. The number of ether oxygens (including phenoxy) is 1. The van der Waals surface area contributed by atoms with Crippen molar-refractivity contribution in [2.75, 3.05) is 36.5 Å². The fourth-order valence-corrected chi connectivity index (χ4v) is 6.78. The monoisotopic (exact) mass is 528 g/mol. The van der Waals surface area contributed by atoms with Gasteiger partial charge in [-0.3, -0.25) is 14.4 Å². The molecule has 2 bridgehead atoms. The maximum absolute atomic E-state index is 14.1. The number of anilines is 2. The summed E-state index contributed by atoms with van der Waals surface area (Å²) in [6.45, 7) is 12.2. The first kappa shape index (κ1) is 28.4. The second-order valence-corrected chi connectivity index (χ2v) is 10.9. The molecular formula is C29H44N4O5. The number of rotatable bonds is 12. The normalized spacial score (nSPS) is 29.2. The van der Waals surface area contributed by atoms with Gasteiger partial charge >= 0.3 is 0 Å². The SMILES string of the molecule is CCCNC(=O)[C@@H]1[C@H]2C(=O)N([C@@H](CO)[C@@H](C)CC)C(C(=O)Nc3ccc(N(CC)CC)cc3)C23CC[C@H]1O3. The zero-order chi connectivity index (χ0) is 27.6. The summed E-state index contributed by atoms with van der Waals surface area (Å²) in [5.41, 5.74) is 0.620. The molecule has 0 aromatic heterocycles. The highest BCUT2D eigenvalue weighted by Crippen LogP contribution is 2.59. The third-order valence-electron chi connectivity index (χ3n) is 8.95. The lowest BCUT2D eigenvalue weighted by Crippen LogP contribution is -2.57. The first-order valence-electron chi connectivity index (χ1n) is 14.3. The largest absolute Gasteiger partial charge is 0.394 e. The average molecular weight is 529 g/mol. The summed E-state index contributed by atoms with van der Waals surface area (Å²) in [4.78, 5) is 45.1. The van der Waals surface area contributed by atoms with Gasteiger partial charge in [-0.1, -0.05) is 27.2 Å². The Kier molecular flexibility index (Phi) is 8.67. The molecule has 210 valence electrons. The molecule has 3 aliphatic heterocycles. The van der Waals surface area contributed by atoms with Crippen LogP contribution in [-0.4, -0.2) is 77.8 Å². The maximum Gasteiger partial charge on any atom is 0.250 e. The minimum Gasteiger partial charge on any atom is -0.394 e. The molecule has 3 N–H and O–H groups in total. The van der Waals surface area contributed by atoms with E-state index < -0.39 is 29.5 Å². The third-order valence-corrected chi connectivity index (χ3v) is 8.95. The second-order valence-electron chi connectivity index (χ2n) is 10.9. The number of aliphatic hydroxyl groups excluding tert-OH is 1. The van der Waals surface area contributed by atoms with E-state index in [0.29, 0.717) is 25.1 Å². The van der Waals surface area contributed by atoms with Crippen LogP contribution in [0, 0.1) is 17.8 Å². The average Bonchev–Trinajstić information content (AvgIpc) is 3.57. The van der Waals surface area contributed by atoms with Crippen LogP contribution in [0.2, 0.25) is 0 Å². The molecule has 9 heteroatoms. The van der Waals surface area contributed by atoms with Crippen LogP contribution in [-0.2, 0) is 19.1 Å². The number of nitrogens with one attached hydrogen (secondary N) is 2. The molecule has 3 aliphatic rings. The zero-order valence-corrected chi connectivity index (χ0v) is 23.4. The molecule has 3 saturated heterocycles. The molecule has 3 amide bonds. The van der Waals surface area contributed by atoms with Crippen molar-refractivity contribution in [1.82, 2.24) is 10.2 Å². The Bertz CT molecular complexity index is 1010. The fraction of sp³-hybridized carbons (Fsp3) is 0.690. The summed E-state index contributed by atoms with van der Waals surface area (Å²) in [7, 11) is 0. The van der Waals surface area contributed by atoms with Crippen molar-refractivity contribution in [3.63, 3.8) is 0 Å². The van der Waals surface area contributed by atoms with Gasteiger partial charge in [0.15, 0.2) is 0 Å².